The molecule has 2 saturated carbocycles. The van der Waals surface area contributed by atoms with Gasteiger partial charge in [0.05, 0.1) is 18.6 Å². The Labute approximate surface area is 183 Å². The molecule has 5 nitrogen and oxygen atoms in total. The molecule has 1 N–H and O–H groups in total. The van der Waals surface area contributed by atoms with Gasteiger partial charge in [-0.15, -0.1) is 0 Å². The number of methoxy groups -OCH3 is 1. The van der Waals surface area contributed by atoms with Crippen LogP contribution in [-0.4, -0.2) is 35.5 Å². The largest absolute Gasteiger partial charge is 0.469 e. The highest BCUT2D eigenvalue weighted by Gasteiger charge is 2.61. The molecule has 0 spiro atoms. The summed E-state index contributed by atoms with van der Waals surface area (Å²) in [5.41, 5.74) is -0.891. The van der Waals surface area contributed by atoms with Gasteiger partial charge in [-0.3, -0.25) is 4.79 Å². The van der Waals surface area contributed by atoms with Gasteiger partial charge >= 0.3 is 5.97 Å². The number of carbonyl (C=O) groups excluding carboxylic acids is 1. The van der Waals surface area contributed by atoms with Crippen LogP contribution >= 0.6 is 0 Å². The van der Waals surface area contributed by atoms with E-state index in [1.165, 1.54) is 26.4 Å². The molecule has 7 atom stereocenters. The van der Waals surface area contributed by atoms with Gasteiger partial charge in [-0.2, -0.15) is 0 Å². The lowest BCUT2D eigenvalue weighted by Gasteiger charge is -2.63. The highest BCUT2D eigenvalue weighted by molar-refractivity contribution is 5.72. The number of hydrogen-bond donors (Lipinski definition) is 1. The summed E-state index contributed by atoms with van der Waals surface area (Å²) in [6, 6.07) is 0. The summed E-state index contributed by atoms with van der Waals surface area (Å²) in [6.45, 7) is 13.3. The molecule has 0 amide bonds. The van der Waals surface area contributed by atoms with Crippen molar-refractivity contribution >= 4 is 5.97 Å². The number of hydrogen-bond acceptors (Lipinski definition) is 5. The lowest BCUT2D eigenvalue weighted by Crippen LogP contribution is -2.62. The van der Waals surface area contributed by atoms with Crippen molar-refractivity contribution in [2.45, 2.75) is 117 Å². The summed E-state index contributed by atoms with van der Waals surface area (Å²) in [7, 11) is 1.40. The molecule has 1 aliphatic heterocycles. The summed E-state index contributed by atoms with van der Waals surface area (Å²) >= 11 is 0. The van der Waals surface area contributed by atoms with E-state index in [2.05, 4.69) is 34.6 Å². The topological polar surface area (TPSA) is 65.0 Å². The molecule has 0 radical (unpaired) electrons. The molecule has 0 unspecified atom stereocenters. The van der Waals surface area contributed by atoms with Gasteiger partial charge in [0.2, 0.25) is 0 Å². The van der Waals surface area contributed by atoms with Crippen molar-refractivity contribution in [1.29, 1.82) is 0 Å². The highest BCUT2D eigenvalue weighted by Crippen LogP contribution is 2.64. The van der Waals surface area contributed by atoms with Gasteiger partial charge in [-0.05, 0) is 87.9 Å². The van der Waals surface area contributed by atoms with E-state index in [-0.39, 0.29) is 34.7 Å². The minimum atomic E-state index is -0.684. The van der Waals surface area contributed by atoms with Crippen LogP contribution in [0.5, 0.6) is 0 Å². The number of aliphatic hydroxyl groups is 1. The first-order chi connectivity index (χ1) is 13.9. The van der Waals surface area contributed by atoms with Crippen molar-refractivity contribution in [2.24, 2.45) is 28.6 Å². The Morgan fingerprint density at radius 3 is 2.40 bits per heavy atom. The summed E-state index contributed by atoms with van der Waals surface area (Å²) in [4.78, 5) is 23.3. The van der Waals surface area contributed by atoms with Gasteiger partial charge in [0, 0.05) is 0 Å². The van der Waals surface area contributed by atoms with E-state index in [4.69, 9.17) is 14.5 Å². The molecule has 0 aromatic rings. The summed E-state index contributed by atoms with van der Waals surface area (Å²) in [5, 5.41) is 12.2. The van der Waals surface area contributed by atoms with E-state index in [9.17, 15) is 9.90 Å². The van der Waals surface area contributed by atoms with Crippen LogP contribution in [0.15, 0.2) is 0 Å². The number of carbonyl (C=O) groups is 1. The minimum Gasteiger partial charge on any atom is -0.469 e. The van der Waals surface area contributed by atoms with Crippen molar-refractivity contribution in [3.05, 3.63) is 0 Å². The monoisotopic (exact) mass is 424 g/mol. The molecule has 174 valence electrons. The average Bonchev–Trinajstić information content (AvgIpc) is 2.69. The smallest absolute Gasteiger partial charge is 0.311 e. The van der Waals surface area contributed by atoms with Gasteiger partial charge in [-0.1, -0.05) is 34.1 Å². The standard InChI is InChI=1S/C25H44O5/c1-17-9-10-20-22(3,4)12-8-13-24(20,6)25(17,27)16-15-23(5)14-11-19(29-30-23)18(2)21(26)28-7/h17-20,27H,8-16H2,1-7H3/t17-,18+,19-,20+,23-,24+,25-/m1/s1. The third-order valence-corrected chi connectivity index (χ3v) is 9.42. The van der Waals surface area contributed by atoms with Crippen molar-refractivity contribution in [3.63, 3.8) is 0 Å². The summed E-state index contributed by atoms with van der Waals surface area (Å²) < 4.78 is 4.84. The predicted octanol–water partition coefficient (Wildman–Crippen LogP) is 5.44. The fourth-order valence-electron chi connectivity index (χ4n) is 7.11. The molecule has 0 bridgehead atoms. The Morgan fingerprint density at radius 2 is 1.80 bits per heavy atom. The maximum atomic E-state index is 12.2. The van der Waals surface area contributed by atoms with Crippen LogP contribution < -0.4 is 0 Å². The van der Waals surface area contributed by atoms with Gasteiger partial charge in [0.15, 0.2) is 0 Å². The first-order valence-electron chi connectivity index (χ1n) is 12.0. The van der Waals surface area contributed by atoms with E-state index in [1.807, 2.05) is 6.92 Å². The highest BCUT2D eigenvalue weighted by atomic mass is 17.2. The summed E-state index contributed by atoms with van der Waals surface area (Å²) in [6.07, 6.45) is 8.65. The lowest BCUT2D eigenvalue weighted by atomic mass is 9.44. The van der Waals surface area contributed by atoms with E-state index in [1.54, 1.807) is 0 Å². The van der Waals surface area contributed by atoms with Crippen LogP contribution in [-0.2, 0) is 19.3 Å². The lowest BCUT2D eigenvalue weighted by molar-refractivity contribution is -0.412. The van der Waals surface area contributed by atoms with Crippen LogP contribution in [0.2, 0.25) is 0 Å². The predicted molar refractivity (Wildman–Crippen MR) is 117 cm³/mol. The second-order valence-electron chi connectivity index (χ2n) is 11.7. The SMILES string of the molecule is COC(=O)[C@@H](C)[C@H]1CC[C@](C)(CC[C@@]2(O)[C@H](C)CC[C@H]3C(C)(C)CCC[C@@]32C)OO1. The molecule has 0 aromatic carbocycles. The minimum absolute atomic E-state index is 0.0553. The maximum absolute atomic E-state index is 12.2. The van der Waals surface area contributed by atoms with Crippen molar-refractivity contribution in [1.82, 2.24) is 0 Å². The fraction of sp³-hybridized carbons (Fsp3) is 0.960. The zero-order valence-electron chi connectivity index (χ0n) is 20.3. The summed E-state index contributed by atoms with van der Waals surface area (Å²) in [5.74, 6) is 0.233. The molecule has 5 heteroatoms. The third-order valence-electron chi connectivity index (χ3n) is 9.42. The van der Waals surface area contributed by atoms with Crippen molar-refractivity contribution < 1.29 is 24.4 Å². The number of fused-ring (bicyclic) bond motifs is 1. The van der Waals surface area contributed by atoms with Gasteiger partial charge in [0.25, 0.3) is 0 Å². The fourth-order valence-corrected chi connectivity index (χ4v) is 7.11. The van der Waals surface area contributed by atoms with Crippen LogP contribution in [0.4, 0.5) is 0 Å². The number of esters is 1. The van der Waals surface area contributed by atoms with E-state index in [0.717, 1.165) is 38.5 Å². The zero-order valence-corrected chi connectivity index (χ0v) is 20.3. The van der Waals surface area contributed by atoms with Crippen molar-refractivity contribution in [2.75, 3.05) is 7.11 Å². The Morgan fingerprint density at radius 1 is 1.10 bits per heavy atom. The number of ether oxygens (including phenoxy) is 1. The number of rotatable bonds is 5. The second-order valence-corrected chi connectivity index (χ2v) is 11.7. The molecule has 3 fully saturated rings. The zero-order chi connectivity index (χ0) is 22.4. The molecule has 30 heavy (non-hydrogen) atoms. The van der Waals surface area contributed by atoms with E-state index in [0.29, 0.717) is 5.92 Å². The van der Waals surface area contributed by atoms with Crippen molar-refractivity contribution in [3.8, 4) is 0 Å². The van der Waals surface area contributed by atoms with Crippen LogP contribution in [0.3, 0.4) is 0 Å². The Balaban J connectivity index is 1.69. The second kappa shape index (κ2) is 8.37. The molecule has 3 aliphatic rings. The molecule has 2 aliphatic carbocycles. The Hall–Kier alpha value is -0.650. The van der Waals surface area contributed by atoms with Crippen LogP contribution in [0.25, 0.3) is 0 Å². The molecular weight excluding hydrogens is 380 g/mol. The molecule has 3 rings (SSSR count). The normalized spacial score (nSPS) is 44.7. The van der Waals surface area contributed by atoms with Gasteiger partial charge in [0.1, 0.15) is 11.7 Å². The third kappa shape index (κ3) is 4.06. The maximum Gasteiger partial charge on any atom is 0.311 e. The van der Waals surface area contributed by atoms with E-state index < -0.39 is 11.2 Å². The van der Waals surface area contributed by atoms with Gasteiger partial charge < -0.3 is 9.84 Å². The Bertz CT molecular complexity index is 623. The first kappa shape index (κ1) is 24.0. The van der Waals surface area contributed by atoms with Crippen LogP contribution in [0.1, 0.15) is 99.3 Å². The van der Waals surface area contributed by atoms with Gasteiger partial charge in [-0.25, -0.2) is 9.78 Å². The molecule has 1 saturated heterocycles. The molecule has 1 heterocycles. The van der Waals surface area contributed by atoms with E-state index >= 15 is 0 Å². The Kier molecular flexibility index (Phi) is 6.69. The average molecular weight is 425 g/mol. The first-order valence-corrected chi connectivity index (χ1v) is 12.0. The quantitative estimate of drug-likeness (QED) is 0.470. The molecular formula is C25H44O5. The van der Waals surface area contributed by atoms with Crippen LogP contribution in [0, 0.1) is 28.6 Å². The molecule has 0 aromatic heterocycles.